The number of nitrogens with one attached hydrogen (secondary N) is 1. The van der Waals surface area contributed by atoms with Crippen molar-refractivity contribution in [1.29, 1.82) is 0 Å². The van der Waals surface area contributed by atoms with E-state index < -0.39 is 10.9 Å². The lowest BCUT2D eigenvalue weighted by molar-refractivity contribution is 0.408. The van der Waals surface area contributed by atoms with Crippen LogP contribution in [-0.4, -0.2) is 7.11 Å². The lowest BCUT2D eigenvalue weighted by atomic mass is 9.88. The fraction of sp³-hybridized carbons (Fsp3) is 0.375. The Morgan fingerprint density at radius 2 is 1.65 bits per heavy atom. The van der Waals surface area contributed by atoms with Crippen molar-refractivity contribution >= 4 is 11.4 Å². The fourth-order valence-corrected chi connectivity index (χ4v) is 2.14. The summed E-state index contributed by atoms with van der Waals surface area (Å²) in [5.41, 5.74) is 1.38. The molecule has 2 rings (SSSR count). The second-order valence-electron chi connectivity index (χ2n) is 6.13. The van der Waals surface area contributed by atoms with Gasteiger partial charge >= 0.3 is 0 Å². The molecule has 0 aliphatic carbocycles. The molecule has 1 N–H and O–H groups in total. The zero-order chi connectivity index (χ0) is 14.9. The molecule has 20 heavy (non-hydrogen) atoms. The van der Waals surface area contributed by atoms with Gasteiger partial charge in [0.1, 0.15) is 5.69 Å². The maximum Gasteiger partial charge on any atom is 0.272 e. The van der Waals surface area contributed by atoms with E-state index in [9.17, 15) is 9.59 Å². The average Bonchev–Trinajstić information content (AvgIpc) is 2.38. The molecule has 0 aromatic heterocycles. The Morgan fingerprint density at radius 1 is 1.05 bits per heavy atom. The van der Waals surface area contributed by atoms with E-state index in [1.54, 1.807) is 0 Å². The van der Waals surface area contributed by atoms with Crippen molar-refractivity contribution in [2.75, 3.05) is 12.4 Å². The maximum absolute atomic E-state index is 11.4. The molecule has 106 valence electrons. The molecule has 0 bridgehead atoms. The number of benzene rings is 1. The topological polar surface area (TPSA) is 55.4 Å². The second kappa shape index (κ2) is 5.12. The summed E-state index contributed by atoms with van der Waals surface area (Å²) in [7, 11) is 1.38. The van der Waals surface area contributed by atoms with Crippen molar-refractivity contribution < 1.29 is 4.74 Å². The molecule has 0 heterocycles. The van der Waals surface area contributed by atoms with Crippen molar-refractivity contribution in [2.45, 2.75) is 27.2 Å². The quantitative estimate of drug-likeness (QED) is 0.870. The second-order valence-corrected chi connectivity index (χ2v) is 6.13. The molecule has 0 atom stereocenters. The first-order valence-electron chi connectivity index (χ1n) is 6.55. The normalized spacial score (nSPS) is 11.6. The summed E-state index contributed by atoms with van der Waals surface area (Å²) in [6.45, 7) is 6.56. The first-order valence-corrected chi connectivity index (χ1v) is 6.55. The molecule has 0 unspecified atom stereocenters. The molecule has 4 nitrogen and oxygen atoms in total. The number of rotatable bonds is 4. The first-order chi connectivity index (χ1) is 9.31. The Balaban J connectivity index is 2.14. The average molecular weight is 273 g/mol. The van der Waals surface area contributed by atoms with Gasteiger partial charge in [-0.3, -0.25) is 9.59 Å². The maximum atomic E-state index is 11.4. The minimum absolute atomic E-state index is 0.105. The van der Waals surface area contributed by atoms with Crippen molar-refractivity contribution in [2.24, 2.45) is 5.41 Å². The van der Waals surface area contributed by atoms with Gasteiger partial charge in [0.15, 0.2) is 5.75 Å². The van der Waals surface area contributed by atoms with Gasteiger partial charge in [0.2, 0.25) is 0 Å². The third-order valence-electron chi connectivity index (χ3n) is 3.03. The summed E-state index contributed by atoms with van der Waals surface area (Å²) in [4.78, 5) is 22.7. The number of anilines is 2. The summed E-state index contributed by atoms with van der Waals surface area (Å²) in [6, 6.07) is 7.84. The number of ether oxygens (including phenoxy) is 1. The molecule has 0 spiro atoms. The van der Waals surface area contributed by atoms with Gasteiger partial charge in [-0.15, -0.1) is 0 Å². The number of hydrogen-bond acceptors (Lipinski definition) is 4. The zero-order valence-corrected chi connectivity index (χ0v) is 12.2. The Morgan fingerprint density at radius 3 is 2.15 bits per heavy atom. The van der Waals surface area contributed by atoms with Crippen LogP contribution in [0.3, 0.4) is 0 Å². The molecular formula is C16H19NO3. The summed E-state index contributed by atoms with van der Waals surface area (Å²) in [6.07, 6.45) is 0.983. The minimum Gasteiger partial charge on any atom is -0.491 e. The van der Waals surface area contributed by atoms with Crippen LogP contribution in [0.4, 0.5) is 11.4 Å². The Bertz CT molecular complexity index is 671. The van der Waals surface area contributed by atoms with Crippen LogP contribution in [0.2, 0.25) is 0 Å². The van der Waals surface area contributed by atoms with Crippen molar-refractivity contribution in [3.63, 3.8) is 0 Å². The highest BCUT2D eigenvalue weighted by atomic mass is 16.5. The zero-order valence-electron chi connectivity index (χ0n) is 12.2. The molecular weight excluding hydrogens is 254 g/mol. The monoisotopic (exact) mass is 273 g/mol. The SMILES string of the molecule is COc1c(Nc2ccc(CC(C)(C)C)cc2)c(=O)c1=O. The molecule has 4 heteroatoms. The van der Waals surface area contributed by atoms with Gasteiger partial charge in [-0.2, -0.15) is 0 Å². The molecule has 0 fully saturated rings. The molecule has 0 saturated carbocycles. The van der Waals surface area contributed by atoms with E-state index in [-0.39, 0.29) is 16.9 Å². The van der Waals surface area contributed by atoms with Gasteiger partial charge in [0.05, 0.1) is 7.11 Å². The lowest BCUT2D eigenvalue weighted by Crippen LogP contribution is -2.34. The van der Waals surface area contributed by atoms with Crippen LogP contribution in [0.25, 0.3) is 0 Å². The summed E-state index contributed by atoms with van der Waals surface area (Å²) in [5, 5.41) is 2.93. The van der Waals surface area contributed by atoms with E-state index >= 15 is 0 Å². The van der Waals surface area contributed by atoms with Crippen LogP contribution in [-0.2, 0) is 6.42 Å². The van der Waals surface area contributed by atoms with Crippen molar-refractivity contribution in [3.8, 4) is 5.75 Å². The standard InChI is InChI=1S/C16H19NO3/c1-16(2,3)9-10-5-7-11(8-6-10)17-12-13(18)14(19)15(12)20-4/h5-8,17H,9H2,1-4H3. The van der Waals surface area contributed by atoms with E-state index in [1.807, 2.05) is 24.3 Å². The number of hydrogen-bond donors (Lipinski definition) is 1. The molecule has 2 aromatic carbocycles. The van der Waals surface area contributed by atoms with Crippen LogP contribution in [0.15, 0.2) is 33.9 Å². The smallest absolute Gasteiger partial charge is 0.272 e. The molecule has 0 aliphatic heterocycles. The predicted octanol–water partition coefficient (Wildman–Crippen LogP) is 2.62. The summed E-state index contributed by atoms with van der Waals surface area (Å²) >= 11 is 0. The van der Waals surface area contributed by atoms with Crippen LogP contribution in [0.5, 0.6) is 5.75 Å². The molecule has 0 saturated heterocycles. The van der Waals surface area contributed by atoms with Gasteiger partial charge in [0.25, 0.3) is 10.9 Å². The number of methoxy groups -OCH3 is 1. The van der Waals surface area contributed by atoms with Gasteiger partial charge in [-0.25, -0.2) is 0 Å². The highest BCUT2D eigenvalue weighted by molar-refractivity contribution is 5.69. The summed E-state index contributed by atoms with van der Waals surface area (Å²) in [5.74, 6) is 0.105. The van der Waals surface area contributed by atoms with E-state index in [0.717, 1.165) is 12.1 Å². The van der Waals surface area contributed by atoms with Crippen LogP contribution < -0.4 is 20.9 Å². The predicted molar refractivity (Wildman–Crippen MR) is 80.8 cm³/mol. The Labute approximate surface area is 118 Å². The third-order valence-corrected chi connectivity index (χ3v) is 3.03. The fourth-order valence-electron chi connectivity index (χ4n) is 2.14. The molecule has 0 amide bonds. The highest BCUT2D eigenvalue weighted by Crippen LogP contribution is 2.24. The van der Waals surface area contributed by atoms with E-state index in [2.05, 4.69) is 26.1 Å². The Hall–Kier alpha value is -2.10. The van der Waals surface area contributed by atoms with Gasteiger partial charge in [0, 0.05) is 5.69 Å². The lowest BCUT2D eigenvalue weighted by Gasteiger charge is -2.18. The van der Waals surface area contributed by atoms with Gasteiger partial charge < -0.3 is 10.1 Å². The van der Waals surface area contributed by atoms with E-state index in [0.29, 0.717) is 0 Å². The van der Waals surface area contributed by atoms with Gasteiger partial charge in [-0.1, -0.05) is 32.9 Å². The van der Waals surface area contributed by atoms with Crippen LogP contribution in [0, 0.1) is 5.41 Å². The first kappa shape index (κ1) is 14.3. The van der Waals surface area contributed by atoms with Crippen molar-refractivity contribution in [1.82, 2.24) is 0 Å². The van der Waals surface area contributed by atoms with Crippen LogP contribution >= 0.6 is 0 Å². The van der Waals surface area contributed by atoms with E-state index in [1.165, 1.54) is 12.7 Å². The highest BCUT2D eigenvalue weighted by Gasteiger charge is 2.21. The molecule has 0 radical (unpaired) electrons. The van der Waals surface area contributed by atoms with Gasteiger partial charge in [-0.05, 0) is 29.5 Å². The Kier molecular flexibility index (Phi) is 3.66. The molecule has 2 aromatic rings. The summed E-state index contributed by atoms with van der Waals surface area (Å²) < 4.78 is 4.89. The van der Waals surface area contributed by atoms with E-state index in [4.69, 9.17) is 4.74 Å². The minimum atomic E-state index is -0.570. The largest absolute Gasteiger partial charge is 0.491 e. The van der Waals surface area contributed by atoms with Crippen molar-refractivity contribution in [3.05, 3.63) is 50.3 Å². The molecule has 0 aliphatic rings. The third kappa shape index (κ3) is 2.90. The van der Waals surface area contributed by atoms with Crippen LogP contribution in [0.1, 0.15) is 26.3 Å².